The zero-order valence-corrected chi connectivity index (χ0v) is 10.4. The molecule has 0 amide bonds. The molecule has 0 N–H and O–H groups in total. The number of fused-ring (bicyclic) bond motifs is 4. The molecule has 0 radical (unpaired) electrons. The zero-order chi connectivity index (χ0) is 12.0. The minimum absolute atomic E-state index is 0.161. The molecule has 90 valence electrons. The van der Waals surface area contributed by atoms with Gasteiger partial charge in [-0.3, -0.25) is 0 Å². The molecule has 0 bridgehead atoms. The van der Waals surface area contributed by atoms with Crippen molar-refractivity contribution in [2.45, 2.75) is 31.5 Å². The highest BCUT2D eigenvalue weighted by Crippen LogP contribution is 2.48. The van der Waals surface area contributed by atoms with Gasteiger partial charge in [0.2, 0.25) is 0 Å². The second kappa shape index (κ2) is 3.69. The van der Waals surface area contributed by atoms with E-state index in [2.05, 4.69) is 48.5 Å². The number of hydrogen-bond donors (Lipinski definition) is 0. The Labute approximate surface area is 107 Å². The molecule has 1 heterocycles. The second-order valence-electron chi connectivity index (χ2n) is 5.28. The average molecular weight is 236 g/mol. The Morgan fingerprint density at radius 3 is 2.33 bits per heavy atom. The highest BCUT2D eigenvalue weighted by atomic mass is 16.5. The van der Waals surface area contributed by atoms with Gasteiger partial charge < -0.3 is 4.74 Å². The summed E-state index contributed by atoms with van der Waals surface area (Å²) in [5.74, 6) is 0. The van der Waals surface area contributed by atoms with Crippen molar-refractivity contribution >= 4 is 0 Å². The fraction of sp³-hybridized carbons (Fsp3) is 0.294. The summed E-state index contributed by atoms with van der Waals surface area (Å²) in [5.41, 5.74) is 5.43. The first-order chi connectivity index (χ1) is 8.90. The molecule has 0 saturated heterocycles. The molecule has 0 fully saturated rings. The lowest BCUT2D eigenvalue weighted by atomic mass is 9.75. The SMILES string of the molecule is c1ccc2c(c1)CCCC21OCc2ccccc21. The molecule has 1 aliphatic heterocycles. The Bertz CT molecular complexity index is 602. The second-order valence-corrected chi connectivity index (χ2v) is 5.28. The van der Waals surface area contributed by atoms with Crippen LogP contribution in [0.2, 0.25) is 0 Å². The van der Waals surface area contributed by atoms with Crippen LogP contribution in [0.4, 0.5) is 0 Å². The van der Waals surface area contributed by atoms with Crippen molar-refractivity contribution in [2.24, 2.45) is 0 Å². The Kier molecular flexibility index (Phi) is 2.12. The number of aryl methyl sites for hydroxylation is 1. The lowest BCUT2D eigenvalue weighted by Gasteiger charge is -2.36. The maximum atomic E-state index is 6.28. The lowest BCUT2D eigenvalue weighted by Crippen LogP contribution is -2.31. The first kappa shape index (κ1) is 10.3. The highest BCUT2D eigenvalue weighted by Gasteiger charge is 2.43. The summed E-state index contributed by atoms with van der Waals surface area (Å²) in [4.78, 5) is 0. The summed E-state index contributed by atoms with van der Waals surface area (Å²) in [6.45, 7) is 0.754. The summed E-state index contributed by atoms with van der Waals surface area (Å²) in [7, 11) is 0. The molecule has 18 heavy (non-hydrogen) atoms. The summed E-state index contributed by atoms with van der Waals surface area (Å²) < 4.78 is 6.28. The molecule has 1 aliphatic carbocycles. The number of rotatable bonds is 0. The van der Waals surface area contributed by atoms with Gasteiger partial charge in [0.25, 0.3) is 0 Å². The Hall–Kier alpha value is -1.60. The molecule has 1 atom stereocenters. The van der Waals surface area contributed by atoms with E-state index < -0.39 is 0 Å². The van der Waals surface area contributed by atoms with Crippen LogP contribution in [-0.4, -0.2) is 0 Å². The largest absolute Gasteiger partial charge is 0.361 e. The summed E-state index contributed by atoms with van der Waals surface area (Å²) >= 11 is 0. The van der Waals surface area contributed by atoms with E-state index in [0.717, 1.165) is 13.0 Å². The van der Waals surface area contributed by atoms with Crippen molar-refractivity contribution in [3.8, 4) is 0 Å². The zero-order valence-electron chi connectivity index (χ0n) is 10.4. The smallest absolute Gasteiger partial charge is 0.119 e. The van der Waals surface area contributed by atoms with Crippen LogP contribution in [-0.2, 0) is 23.4 Å². The third-order valence-electron chi connectivity index (χ3n) is 4.35. The number of benzene rings is 2. The molecule has 2 aromatic rings. The fourth-order valence-electron chi connectivity index (χ4n) is 3.54. The van der Waals surface area contributed by atoms with E-state index in [1.165, 1.54) is 35.1 Å². The molecular formula is C17H16O. The lowest BCUT2D eigenvalue weighted by molar-refractivity contribution is -0.0176. The molecule has 1 unspecified atom stereocenters. The van der Waals surface area contributed by atoms with Gasteiger partial charge in [0.05, 0.1) is 6.61 Å². The predicted molar refractivity (Wildman–Crippen MR) is 71.4 cm³/mol. The summed E-state index contributed by atoms with van der Waals surface area (Å²) in [5, 5.41) is 0. The molecule has 1 spiro atoms. The van der Waals surface area contributed by atoms with Gasteiger partial charge in [-0.05, 0) is 41.5 Å². The van der Waals surface area contributed by atoms with E-state index in [4.69, 9.17) is 4.74 Å². The van der Waals surface area contributed by atoms with Gasteiger partial charge in [-0.25, -0.2) is 0 Å². The van der Waals surface area contributed by atoms with Crippen molar-refractivity contribution in [3.63, 3.8) is 0 Å². The van der Waals surface area contributed by atoms with Crippen LogP contribution in [0.5, 0.6) is 0 Å². The fourth-order valence-corrected chi connectivity index (χ4v) is 3.54. The number of hydrogen-bond acceptors (Lipinski definition) is 1. The molecule has 1 nitrogen and oxygen atoms in total. The minimum atomic E-state index is -0.161. The third-order valence-corrected chi connectivity index (χ3v) is 4.35. The van der Waals surface area contributed by atoms with E-state index in [9.17, 15) is 0 Å². The first-order valence-corrected chi connectivity index (χ1v) is 6.71. The van der Waals surface area contributed by atoms with Crippen LogP contribution in [0, 0.1) is 0 Å². The normalized spacial score (nSPS) is 24.9. The Morgan fingerprint density at radius 2 is 1.50 bits per heavy atom. The molecule has 1 heteroatoms. The van der Waals surface area contributed by atoms with Crippen LogP contribution >= 0.6 is 0 Å². The van der Waals surface area contributed by atoms with Crippen LogP contribution in [0.3, 0.4) is 0 Å². The third kappa shape index (κ3) is 1.25. The van der Waals surface area contributed by atoms with E-state index in [0.29, 0.717) is 0 Å². The standard InChI is InChI=1S/C17H16O/c1-3-9-15-13(6-1)8-5-11-17(15)16-10-4-2-7-14(16)12-18-17/h1-4,6-7,9-10H,5,8,11-12H2. The van der Waals surface area contributed by atoms with Crippen LogP contribution in [0.25, 0.3) is 0 Å². The van der Waals surface area contributed by atoms with Crippen molar-refractivity contribution in [3.05, 3.63) is 70.8 Å². The Morgan fingerprint density at radius 1 is 0.833 bits per heavy atom. The van der Waals surface area contributed by atoms with Crippen molar-refractivity contribution < 1.29 is 4.74 Å². The molecular weight excluding hydrogens is 220 g/mol. The van der Waals surface area contributed by atoms with Crippen LogP contribution < -0.4 is 0 Å². The quantitative estimate of drug-likeness (QED) is 0.676. The van der Waals surface area contributed by atoms with E-state index in [-0.39, 0.29) is 5.60 Å². The maximum absolute atomic E-state index is 6.28. The van der Waals surface area contributed by atoms with E-state index >= 15 is 0 Å². The average Bonchev–Trinajstić information content (AvgIpc) is 2.80. The van der Waals surface area contributed by atoms with Crippen molar-refractivity contribution in [1.29, 1.82) is 0 Å². The van der Waals surface area contributed by atoms with Crippen molar-refractivity contribution in [1.82, 2.24) is 0 Å². The van der Waals surface area contributed by atoms with Gasteiger partial charge in [-0.15, -0.1) is 0 Å². The van der Waals surface area contributed by atoms with Gasteiger partial charge in [-0.1, -0.05) is 48.5 Å². The molecule has 2 aromatic carbocycles. The van der Waals surface area contributed by atoms with Gasteiger partial charge in [-0.2, -0.15) is 0 Å². The topological polar surface area (TPSA) is 9.23 Å². The maximum Gasteiger partial charge on any atom is 0.119 e. The molecule has 0 saturated carbocycles. The van der Waals surface area contributed by atoms with Crippen LogP contribution in [0.1, 0.15) is 35.1 Å². The van der Waals surface area contributed by atoms with Gasteiger partial charge in [0.1, 0.15) is 5.60 Å². The minimum Gasteiger partial charge on any atom is -0.361 e. The van der Waals surface area contributed by atoms with Gasteiger partial charge in [0.15, 0.2) is 0 Å². The van der Waals surface area contributed by atoms with E-state index in [1.807, 2.05) is 0 Å². The molecule has 0 aromatic heterocycles. The Balaban J connectivity index is 1.97. The van der Waals surface area contributed by atoms with Crippen molar-refractivity contribution in [2.75, 3.05) is 0 Å². The molecule has 4 rings (SSSR count). The monoisotopic (exact) mass is 236 g/mol. The first-order valence-electron chi connectivity index (χ1n) is 6.71. The van der Waals surface area contributed by atoms with Gasteiger partial charge >= 0.3 is 0 Å². The summed E-state index contributed by atoms with van der Waals surface area (Å²) in [6, 6.07) is 17.4. The molecule has 2 aliphatic rings. The number of ether oxygens (including phenoxy) is 1. The highest BCUT2D eigenvalue weighted by molar-refractivity contribution is 5.48. The van der Waals surface area contributed by atoms with Crippen LogP contribution in [0.15, 0.2) is 48.5 Å². The van der Waals surface area contributed by atoms with E-state index in [1.54, 1.807) is 0 Å². The summed E-state index contributed by atoms with van der Waals surface area (Å²) in [6.07, 6.45) is 3.51. The van der Waals surface area contributed by atoms with Gasteiger partial charge in [0, 0.05) is 0 Å². The predicted octanol–water partition coefficient (Wildman–Crippen LogP) is 3.80.